The SMILES string of the molecule is Cc1cccc2c1Oc1ccccc1[C@@]1(O)CNCC[C@@H]21. The minimum absolute atomic E-state index is 0.0669. The summed E-state index contributed by atoms with van der Waals surface area (Å²) in [5.74, 6) is 1.74. The van der Waals surface area contributed by atoms with Crippen LogP contribution in [0.1, 0.15) is 29.0 Å². The quantitative estimate of drug-likeness (QED) is 0.780. The van der Waals surface area contributed by atoms with Gasteiger partial charge in [0.2, 0.25) is 0 Å². The van der Waals surface area contributed by atoms with E-state index in [1.54, 1.807) is 0 Å². The van der Waals surface area contributed by atoms with Gasteiger partial charge in [-0.05, 0) is 31.5 Å². The van der Waals surface area contributed by atoms with Crippen molar-refractivity contribution in [2.24, 2.45) is 0 Å². The number of aryl methyl sites for hydroxylation is 1. The van der Waals surface area contributed by atoms with Crippen LogP contribution < -0.4 is 10.1 Å². The van der Waals surface area contributed by atoms with E-state index in [-0.39, 0.29) is 5.92 Å². The summed E-state index contributed by atoms with van der Waals surface area (Å²) < 4.78 is 6.20. The summed E-state index contributed by atoms with van der Waals surface area (Å²) in [5.41, 5.74) is 2.21. The van der Waals surface area contributed by atoms with Crippen LogP contribution in [0.3, 0.4) is 0 Å². The van der Waals surface area contributed by atoms with E-state index in [9.17, 15) is 5.11 Å². The Hall–Kier alpha value is -1.84. The molecule has 4 rings (SSSR count). The molecule has 2 heterocycles. The highest BCUT2D eigenvalue weighted by atomic mass is 16.5. The van der Waals surface area contributed by atoms with Gasteiger partial charge in [0.1, 0.15) is 17.1 Å². The van der Waals surface area contributed by atoms with Crippen molar-refractivity contribution in [3.63, 3.8) is 0 Å². The van der Waals surface area contributed by atoms with Crippen LogP contribution in [0.4, 0.5) is 0 Å². The van der Waals surface area contributed by atoms with Crippen LogP contribution in [0.2, 0.25) is 0 Å². The van der Waals surface area contributed by atoms with E-state index in [2.05, 4.69) is 30.4 Å². The molecule has 0 unspecified atom stereocenters. The number of nitrogens with one attached hydrogen (secondary N) is 1. The van der Waals surface area contributed by atoms with Crippen molar-refractivity contribution in [1.82, 2.24) is 5.32 Å². The van der Waals surface area contributed by atoms with Gasteiger partial charge in [0.05, 0.1) is 0 Å². The van der Waals surface area contributed by atoms with Crippen LogP contribution in [0, 0.1) is 6.92 Å². The summed E-state index contributed by atoms with van der Waals surface area (Å²) in [6.07, 6.45) is 0.907. The van der Waals surface area contributed by atoms with E-state index in [4.69, 9.17) is 4.74 Å². The summed E-state index contributed by atoms with van der Waals surface area (Å²) in [7, 11) is 0. The lowest BCUT2D eigenvalue weighted by Crippen LogP contribution is -2.48. The van der Waals surface area contributed by atoms with Crippen molar-refractivity contribution < 1.29 is 9.84 Å². The van der Waals surface area contributed by atoms with Gasteiger partial charge in [0, 0.05) is 23.6 Å². The number of β-amino-alcohol motifs (C(OH)–C–C–N with tert-alkyl or cyclic N) is 1. The Morgan fingerprint density at radius 3 is 2.95 bits per heavy atom. The molecule has 1 fully saturated rings. The molecule has 0 amide bonds. The molecule has 0 aliphatic carbocycles. The maximum Gasteiger partial charge on any atom is 0.133 e. The molecule has 108 valence electrons. The number of hydrogen-bond acceptors (Lipinski definition) is 3. The summed E-state index contributed by atoms with van der Waals surface area (Å²) in [4.78, 5) is 0. The Bertz CT molecular complexity index is 697. The molecule has 0 spiro atoms. The van der Waals surface area contributed by atoms with Crippen molar-refractivity contribution in [3.05, 3.63) is 59.2 Å². The topological polar surface area (TPSA) is 41.5 Å². The maximum absolute atomic E-state index is 11.4. The third kappa shape index (κ3) is 1.81. The standard InChI is InChI=1S/C18H19NO2/c1-12-5-4-6-13-14-9-10-19-11-18(14,20)15-7-2-3-8-16(15)21-17(12)13/h2-8,14,19-20H,9-11H2,1H3/t14-,18+/m0/s1. The van der Waals surface area contributed by atoms with Crippen molar-refractivity contribution in [3.8, 4) is 11.5 Å². The van der Waals surface area contributed by atoms with E-state index in [0.29, 0.717) is 6.54 Å². The fourth-order valence-corrected chi connectivity index (χ4v) is 3.70. The van der Waals surface area contributed by atoms with Crippen molar-refractivity contribution in [2.75, 3.05) is 13.1 Å². The second-order valence-electron chi connectivity index (χ2n) is 6.03. The molecule has 1 saturated heterocycles. The molecule has 2 aliphatic rings. The molecular weight excluding hydrogens is 262 g/mol. The Balaban J connectivity index is 2.01. The fraction of sp³-hybridized carbons (Fsp3) is 0.333. The Labute approximate surface area is 124 Å². The predicted molar refractivity (Wildman–Crippen MR) is 81.8 cm³/mol. The highest BCUT2D eigenvalue weighted by Gasteiger charge is 2.46. The van der Waals surface area contributed by atoms with Crippen LogP contribution >= 0.6 is 0 Å². The Morgan fingerprint density at radius 2 is 2.05 bits per heavy atom. The number of benzene rings is 2. The van der Waals surface area contributed by atoms with Crippen molar-refractivity contribution >= 4 is 0 Å². The van der Waals surface area contributed by atoms with Gasteiger partial charge >= 0.3 is 0 Å². The molecule has 0 saturated carbocycles. The molecule has 2 aromatic carbocycles. The largest absolute Gasteiger partial charge is 0.456 e. The number of rotatable bonds is 0. The summed E-state index contributed by atoms with van der Waals surface area (Å²) in [6.45, 7) is 3.54. The molecule has 3 nitrogen and oxygen atoms in total. The first-order valence-electron chi connectivity index (χ1n) is 7.50. The van der Waals surface area contributed by atoms with Crippen LogP contribution in [0.15, 0.2) is 42.5 Å². The molecular formula is C18H19NO2. The van der Waals surface area contributed by atoms with E-state index >= 15 is 0 Å². The molecule has 2 aliphatic heterocycles. The number of para-hydroxylation sites is 2. The predicted octanol–water partition coefficient (Wildman–Crippen LogP) is 3.07. The summed E-state index contributed by atoms with van der Waals surface area (Å²) in [6, 6.07) is 14.1. The van der Waals surface area contributed by atoms with E-state index in [1.165, 1.54) is 0 Å². The van der Waals surface area contributed by atoms with Crippen LogP contribution in [0.5, 0.6) is 11.5 Å². The maximum atomic E-state index is 11.4. The summed E-state index contributed by atoms with van der Waals surface area (Å²) >= 11 is 0. The van der Waals surface area contributed by atoms with E-state index < -0.39 is 5.60 Å². The normalized spacial score (nSPS) is 26.9. The first kappa shape index (κ1) is 12.9. The highest BCUT2D eigenvalue weighted by molar-refractivity contribution is 5.54. The summed E-state index contributed by atoms with van der Waals surface area (Å²) in [5, 5.41) is 14.8. The van der Waals surface area contributed by atoms with Gasteiger partial charge in [-0.1, -0.05) is 36.4 Å². The first-order valence-corrected chi connectivity index (χ1v) is 7.50. The smallest absolute Gasteiger partial charge is 0.133 e. The minimum atomic E-state index is -0.909. The monoisotopic (exact) mass is 281 g/mol. The van der Waals surface area contributed by atoms with E-state index in [0.717, 1.165) is 41.2 Å². The molecule has 2 atom stereocenters. The van der Waals surface area contributed by atoms with Crippen molar-refractivity contribution in [1.29, 1.82) is 0 Å². The zero-order chi connectivity index (χ0) is 14.4. The molecule has 2 aromatic rings. The van der Waals surface area contributed by atoms with Gasteiger partial charge in [-0.25, -0.2) is 0 Å². The Kier molecular flexibility index (Phi) is 2.81. The van der Waals surface area contributed by atoms with Crippen LogP contribution in [-0.2, 0) is 5.60 Å². The van der Waals surface area contributed by atoms with Crippen LogP contribution in [0.25, 0.3) is 0 Å². The second kappa shape index (κ2) is 4.58. The van der Waals surface area contributed by atoms with E-state index in [1.807, 2.05) is 24.3 Å². The molecule has 21 heavy (non-hydrogen) atoms. The van der Waals surface area contributed by atoms with Gasteiger partial charge in [0.15, 0.2) is 0 Å². The zero-order valence-corrected chi connectivity index (χ0v) is 12.1. The minimum Gasteiger partial charge on any atom is -0.456 e. The third-order valence-electron chi connectivity index (χ3n) is 4.76. The second-order valence-corrected chi connectivity index (χ2v) is 6.03. The first-order chi connectivity index (χ1) is 10.2. The molecule has 0 radical (unpaired) electrons. The molecule has 3 heteroatoms. The van der Waals surface area contributed by atoms with Gasteiger partial charge in [-0.15, -0.1) is 0 Å². The Morgan fingerprint density at radius 1 is 1.19 bits per heavy atom. The fourth-order valence-electron chi connectivity index (χ4n) is 3.70. The number of hydrogen-bond donors (Lipinski definition) is 2. The average Bonchev–Trinajstić information content (AvgIpc) is 2.61. The van der Waals surface area contributed by atoms with Gasteiger partial charge in [-0.2, -0.15) is 0 Å². The van der Waals surface area contributed by atoms with Crippen LogP contribution in [-0.4, -0.2) is 18.2 Å². The molecule has 0 aromatic heterocycles. The zero-order valence-electron chi connectivity index (χ0n) is 12.1. The third-order valence-corrected chi connectivity index (χ3v) is 4.76. The van der Waals surface area contributed by atoms with Gasteiger partial charge in [-0.3, -0.25) is 0 Å². The van der Waals surface area contributed by atoms with Crippen molar-refractivity contribution in [2.45, 2.75) is 24.9 Å². The number of fused-ring (bicyclic) bond motifs is 5. The lowest BCUT2D eigenvalue weighted by molar-refractivity contribution is -0.00886. The molecule has 0 bridgehead atoms. The lowest BCUT2D eigenvalue weighted by Gasteiger charge is -2.40. The average molecular weight is 281 g/mol. The lowest BCUT2D eigenvalue weighted by atomic mass is 9.73. The molecule has 2 N–H and O–H groups in total. The van der Waals surface area contributed by atoms with Gasteiger partial charge < -0.3 is 15.2 Å². The number of ether oxygens (including phenoxy) is 1. The van der Waals surface area contributed by atoms with Gasteiger partial charge in [0.25, 0.3) is 0 Å². The number of piperidine rings is 1. The highest BCUT2D eigenvalue weighted by Crippen LogP contribution is 2.51. The number of aliphatic hydroxyl groups is 1.